The minimum atomic E-state index is 0.551. The summed E-state index contributed by atoms with van der Waals surface area (Å²) in [6.45, 7) is 4.17. The highest BCUT2D eigenvalue weighted by molar-refractivity contribution is 7.33. The number of rotatable bonds is 9. The molecule has 0 aromatic heterocycles. The highest BCUT2D eigenvalue weighted by Crippen LogP contribution is 2.27. The Morgan fingerprint density at radius 3 is 1.50 bits per heavy atom. The first-order chi connectivity index (χ1) is 10.8. The summed E-state index contributed by atoms with van der Waals surface area (Å²) >= 11 is 0. The highest BCUT2D eigenvalue weighted by atomic mass is 31.1. The van der Waals surface area contributed by atoms with Crippen molar-refractivity contribution in [1.82, 2.24) is 0 Å². The average Bonchev–Trinajstić information content (AvgIpc) is 2.53. The van der Waals surface area contributed by atoms with Crippen molar-refractivity contribution >= 4 is 17.6 Å². The Labute approximate surface area is 137 Å². The van der Waals surface area contributed by atoms with E-state index in [2.05, 4.69) is 26.0 Å². The third kappa shape index (κ3) is 5.95. The Morgan fingerprint density at radius 2 is 1.09 bits per heavy atom. The molecule has 0 aliphatic carbocycles. The monoisotopic (exact) mass is 334 g/mol. The first-order valence-corrected chi connectivity index (χ1v) is 9.91. The van der Waals surface area contributed by atoms with Gasteiger partial charge >= 0.3 is 0 Å². The van der Waals surface area contributed by atoms with Gasteiger partial charge in [0, 0.05) is 12.3 Å². The van der Waals surface area contributed by atoms with Gasteiger partial charge in [0.1, 0.15) is 11.5 Å². The molecule has 0 bridgehead atoms. The van der Waals surface area contributed by atoms with Crippen LogP contribution in [0.3, 0.4) is 0 Å². The number of aryl methyl sites for hydroxylation is 2. The SMILES string of the molecule is Cc1ccccc1OPCCCCPOc1ccccc1C. The Balaban J connectivity index is 1.51. The minimum absolute atomic E-state index is 0.551. The van der Waals surface area contributed by atoms with Gasteiger partial charge in [0.25, 0.3) is 0 Å². The maximum atomic E-state index is 5.83. The lowest BCUT2D eigenvalue weighted by molar-refractivity contribution is 0.615. The van der Waals surface area contributed by atoms with Crippen LogP contribution in [0, 0.1) is 13.8 Å². The summed E-state index contributed by atoms with van der Waals surface area (Å²) in [5.41, 5.74) is 2.42. The lowest BCUT2D eigenvalue weighted by atomic mass is 10.2. The number of hydrogen-bond acceptors (Lipinski definition) is 2. The number of benzene rings is 2. The van der Waals surface area contributed by atoms with Crippen LogP contribution < -0.4 is 9.05 Å². The molecule has 0 aliphatic rings. The Bertz CT molecular complexity index is 521. The van der Waals surface area contributed by atoms with Crippen LogP contribution in [0.2, 0.25) is 0 Å². The summed E-state index contributed by atoms with van der Waals surface area (Å²) < 4.78 is 11.7. The normalized spacial score (nSPS) is 11.5. The molecule has 22 heavy (non-hydrogen) atoms. The van der Waals surface area contributed by atoms with Crippen LogP contribution in [0.4, 0.5) is 0 Å². The molecule has 0 fully saturated rings. The van der Waals surface area contributed by atoms with E-state index in [1.54, 1.807) is 0 Å². The second kappa shape index (κ2) is 9.82. The van der Waals surface area contributed by atoms with Crippen molar-refractivity contribution in [3.63, 3.8) is 0 Å². The third-order valence-corrected chi connectivity index (χ3v) is 5.20. The lowest BCUT2D eigenvalue weighted by Crippen LogP contribution is -1.89. The number of unbranched alkanes of at least 4 members (excludes halogenated alkanes) is 1. The fourth-order valence-corrected chi connectivity index (χ4v) is 3.76. The first-order valence-electron chi connectivity index (χ1n) is 7.68. The van der Waals surface area contributed by atoms with Crippen molar-refractivity contribution in [2.75, 3.05) is 12.3 Å². The van der Waals surface area contributed by atoms with Crippen LogP contribution in [0.1, 0.15) is 24.0 Å². The van der Waals surface area contributed by atoms with Crippen molar-refractivity contribution in [2.24, 2.45) is 0 Å². The molecule has 2 rings (SSSR count). The molecule has 2 nitrogen and oxygen atoms in total. The van der Waals surface area contributed by atoms with Gasteiger partial charge in [0.2, 0.25) is 0 Å². The quantitative estimate of drug-likeness (QED) is 0.431. The molecular formula is C18H24O2P2. The Kier molecular flexibility index (Phi) is 7.71. The molecule has 0 radical (unpaired) electrons. The molecule has 0 N–H and O–H groups in total. The molecule has 2 unspecified atom stereocenters. The molecule has 4 heteroatoms. The second-order valence-electron chi connectivity index (χ2n) is 5.23. The molecule has 0 spiro atoms. The Hall–Kier alpha value is -1.10. The number of para-hydroxylation sites is 2. The average molecular weight is 334 g/mol. The number of hydrogen-bond donors (Lipinski definition) is 0. The summed E-state index contributed by atoms with van der Waals surface area (Å²) in [6.07, 6.45) is 4.66. The van der Waals surface area contributed by atoms with Gasteiger partial charge in [0.05, 0.1) is 17.6 Å². The van der Waals surface area contributed by atoms with Gasteiger partial charge in [0.15, 0.2) is 0 Å². The standard InChI is InChI=1S/C18H24O2P2/c1-15-9-3-5-11-17(15)19-21-13-7-8-14-22-20-18-12-6-4-10-16(18)2/h3-6,9-12,21-22H,7-8,13-14H2,1-2H3. The fraction of sp³-hybridized carbons (Fsp3) is 0.333. The maximum absolute atomic E-state index is 5.83. The topological polar surface area (TPSA) is 18.5 Å². The van der Waals surface area contributed by atoms with E-state index in [4.69, 9.17) is 9.05 Å². The molecule has 2 aromatic carbocycles. The summed E-state index contributed by atoms with van der Waals surface area (Å²) in [5, 5.41) is 0. The van der Waals surface area contributed by atoms with Gasteiger partial charge in [-0.25, -0.2) is 0 Å². The minimum Gasteiger partial charge on any atom is -0.477 e. The van der Waals surface area contributed by atoms with E-state index in [1.807, 2.05) is 36.4 Å². The van der Waals surface area contributed by atoms with Crippen molar-refractivity contribution < 1.29 is 9.05 Å². The Morgan fingerprint density at radius 1 is 0.682 bits per heavy atom. The third-order valence-electron chi connectivity index (χ3n) is 3.36. The second-order valence-corrected chi connectivity index (χ2v) is 7.22. The van der Waals surface area contributed by atoms with Gasteiger partial charge in [-0.15, -0.1) is 0 Å². The highest BCUT2D eigenvalue weighted by Gasteiger charge is 1.99. The lowest BCUT2D eigenvalue weighted by Gasteiger charge is -2.09. The zero-order chi connectivity index (χ0) is 15.6. The van der Waals surface area contributed by atoms with E-state index >= 15 is 0 Å². The molecule has 2 aromatic rings. The van der Waals surface area contributed by atoms with Gasteiger partial charge in [-0.3, -0.25) is 0 Å². The van der Waals surface area contributed by atoms with Crippen LogP contribution in [-0.4, -0.2) is 12.3 Å². The van der Waals surface area contributed by atoms with Crippen LogP contribution in [0.25, 0.3) is 0 Å². The smallest absolute Gasteiger partial charge is 0.125 e. The zero-order valence-corrected chi connectivity index (χ0v) is 15.3. The van der Waals surface area contributed by atoms with E-state index in [0.29, 0.717) is 17.6 Å². The maximum Gasteiger partial charge on any atom is 0.125 e. The zero-order valence-electron chi connectivity index (χ0n) is 13.3. The van der Waals surface area contributed by atoms with Crippen LogP contribution >= 0.6 is 17.6 Å². The van der Waals surface area contributed by atoms with Crippen molar-refractivity contribution in [3.05, 3.63) is 59.7 Å². The van der Waals surface area contributed by atoms with Crippen LogP contribution in [-0.2, 0) is 0 Å². The fourth-order valence-electron chi connectivity index (χ4n) is 1.99. The first kappa shape index (κ1) is 17.3. The van der Waals surface area contributed by atoms with Crippen molar-refractivity contribution in [2.45, 2.75) is 26.7 Å². The molecule has 0 saturated heterocycles. The molecule has 118 valence electrons. The van der Waals surface area contributed by atoms with Crippen LogP contribution in [0.5, 0.6) is 11.5 Å². The predicted molar refractivity (Wildman–Crippen MR) is 99.2 cm³/mol. The van der Waals surface area contributed by atoms with Gasteiger partial charge in [-0.1, -0.05) is 36.4 Å². The van der Waals surface area contributed by atoms with E-state index in [1.165, 1.54) is 24.0 Å². The molecular weight excluding hydrogens is 310 g/mol. The van der Waals surface area contributed by atoms with Gasteiger partial charge in [-0.2, -0.15) is 0 Å². The van der Waals surface area contributed by atoms with Crippen molar-refractivity contribution in [3.8, 4) is 11.5 Å². The molecule has 0 amide bonds. The largest absolute Gasteiger partial charge is 0.477 e. The summed E-state index contributed by atoms with van der Waals surface area (Å²) in [6, 6.07) is 16.4. The van der Waals surface area contributed by atoms with E-state index < -0.39 is 0 Å². The predicted octanol–water partition coefficient (Wildman–Crippen LogP) is 5.73. The van der Waals surface area contributed by atoms with E-state index in [-0.39, 0.29) is 0 Å². The summed E-state index contributed by atoms with van der Waals surface area (Å²) in [5.74, 6) is 2.04. The van der Waals surface area contributed by atoms with Gasteiger partial charge < -0.3 is 9.05 Å². The summed E-state index contributed by atoms with van der Waals surface area (Å²) in [4.78, 5) is 0. The van der Waals surface area contributed by atoms with E-state index in [0.717, 1.165) is 23.8 Å². The molecule has 2 atom stereocenters. The van der Waals surface area contributed by atoms with Crippen molar-refractivity contribution in [1.29, 1.82) is 0 Å². The van der Waals surface area contributed by atoms with Crippen LogP contribution in [0.15, 0.2) is 48.5 Å². The van der Waals surface area contributed by atoms with E-state index in [9.17, 15) is 0 Å². The summed E-state index contributed by atoms with van der Waals surface area (Å²) in [7, 11) is 1.10. The molecule has 0 saturated carbocycles. The van der Waals surface area contributed by atoms with Gasteiger partial charge in [-0.05, 0) is 49.9 Å². The molecule has 0 aliphatic heterocycles. The molecule has 0 heterocycles.